The van der Waals surface area contributed by atoms with E-state index in [9.17, 15) is 0 Å². The van der Waals surface area contributed by atoms with Gasteiger partial charge in [0.25, 0.3) is 0 Å². The van der Waals surface area contributed by atoms with E-state index in [1.807, 2.05) is 18.2 Å². The Morgan fingerprint density at radius 1 is 0.917 bits per heavy atom. The standard InChI is InChI=1S/C19H24N2O2S/c1-5-13-8-7-9-14(6-2)18(13)21-19(24)20-15-10-16(22-3)12-17(11-15)23-4/h7-12H,5-6H2,1-4H3,(H2,20,21,24). The van der Waals surface area contributed by atoms with Gasteiger partial charge in [0.15, 0.2) is 5.11 Å². The van der Waals surface area contributed by atoms with Gasteiger partial charge in [-0.05, 0) is 36.2 Å². The monoisotopic (exact) mass is 344 g/mol. The predicted octanol–water partition coefficient (Wildman–Crippen LogP) is 4.64. The Bertz CT molecular complexity index is 672. The fourth-order valence-corrected chi connectivity index (χ4v) is 2.78. The number of hydrogen-bond acceptors (Lipinski definition) is 3. The van der Waals surface area contributed by atoms with Crippen molar-refractivity contribution in [2.75, 3.05) is 24.9 Å². The van der Waals surface area contributed by atoms with Crippen LogP contribution in [0, 0.1) is 0 Å². The highest BCUT2D eigenvalue weighted by atomic mass is 32.1. The van der Waals surface area contributed by atoms with Crippen LogP contribution in [0.15, 0.2) is 36.4 Å². The number of methoxy groups -OCH3 is 2. The van der Waals surface area contributed by atoms with Crippen LogP contribution in [-0.2, 0) is 12.8 Å². The number of thiocarbonyl (C=S) groups is 1. The van der Waals surface area contributed by atoms with Crippen LogP contribution in [0.25, 0.3) is 0 Å². The highest BCUT2D eigenvalue weighted by molar-refractivity contribution is 7.80. The van der Waals surface area contributed by atoms with Crippen molar-refractivity contribution in [1.29, 1.82) is 0 Å². The van der Waals surface area contributed by atoms with Crippen LogP contribution < -0.4 is 20.1 Å². The summed E-state index contributed by atoms with van der Waals surface area (Å²) < 4.78 is 10.6. The van der Waals surface area contributed by atoms with Crippen LogP contribution in [-0.4, -0.2) is 19.3 Å². The maximum absolute atomic E-state index is 5.49. The third-order valence-corrected chi connectivity index (χ3v) is 4.05. The third kappa shape index (κ3) is 4.38. The van der Waals surface area contributed by atoms with Crippen LogP contribution in [0.4, 0.5) is 11.4 Å². The lowest BCUT2D eigenvalue weighted by Gasteiger charge is -2.17. The lowest BCUT2D eigenvalue weighted by Crippen LogP contribution is -2.21. The fourth-order valence-electron chi connectivity index (χ4n) is 2.56. The molecule has 0 unspecified atom stereocenters. The Kier molecular flexibility index (Phi) is 6.44. The van der Waals surface area contributed by atoms with Gasteiger partial charge in [-0.25, -0.2) is 0 Å². The van der Waals surface area contributed by atoms with Gasteiger partial charge in [-0.1, -0.05) is 32.0 Å². The molecule has 4 nitrogen and oxygen atoms in total. The quantitative estimate of drug-likeness (QED) is 0.748. The van der Waals surface area contributed by atoms with Crippen LogP contribution >= 0.6 is 12.2 Å². The van der Waals surface area contributed by atoms with E-state index in [4.69, 9.17) is 21.7 Å². The van der Waals surface area contributed by atoms with Crippen LogP contribution in [0.2, 0.25) is 0 Å². The molecule has 0 fully saturated rings. The highest BCUT2D eigenvalue weighted by Crippen LogP contribution is 2.27. The first-order valence-corrected chi connectivity index (χ1v) is 8.43. The number of aryl methyl sites for hydroxylation is 2. The summed E-state index contributed by atoms with van der Waals surface area (Å²) in [6.07, 6.45) is 1.90. The van der Waals surface area contributed by atoms with Crippen molar-refractivity contribution in [3.8, 4) is 11.5 Å². The molecule has 2 aromatic carbocycles. The lowest BCUT2D eigenvalue weighted by molar-refractivity contribution is 0.395. The summed E-state index contributed by atoms with van der Waals surface area (Å²) in [5.74, 6) is 1.42. The van der Waals surface area contributed by atoms with Crippen molar-refractivity contribution in [1.82, 2.24) is 0 Å². The number of para-hydroxylation sites is 1. The fraction of sp³-hybridized carbons (Fsp3) is 0.316. The van der Waals surface area contributed by atoms with E-state index in [1.165, 1.54) is 11.1 Å². The second kappa shape index (κ2) is 8.55. The van der Waals surface area contributed by atoms with Crippen LogP contribution in [0.3, 0.4) is 0 Å². The molecule has 0 aliphatic rings. The molecular weight excluding hydrogens is 320 g/mol. The Hall–Kier alpha value is -2.27. The zero-order valence-electron chi connectivity index (χ0n) is 14.6. The van der Waals surface area contributed by atoms with E-state index in [2.05, 4.69) is 42.7 Å². The molecule has 24 heavy (non-hydrogen) atoms. The number of rotatable bonds is 6. The van der Waals surface area contributed by atoms with E-state index in [0.717, 1.165) is 24.2 Å². The van der Waals surface area contributed by atoms with Crippen molar-refractivity contribution in [3.63, 3.8) is 0 Å². The topological polar surface area (TPSA) is 42.5 Å². The van der Waals surface area contributed by atoms with Gasteiger partial charge < -0.3 is 20.1 Å². The van der Waals surface area contributed by atoms with Gasteiger partial charge in [0, 0.05) is 29.6 Å². The van der Waals surface area contributed by atoms with Crippen molar-refractivity contribution in [2.45, 2.75) is 26.7 Å². The van der Waals surface area contributed by atoms with E-state index < -0.39 is 0 Å². The molecule has 0 radical (unpaired) electrons. The largest absolute Gasteiger partial charge is 0.497 e. The van der Waals surface area contributed by atoms with Gasteiger partial charge >= 0.3 is 0 Å². The molecule has 2 N–H and O–H groups in total. The molecule has 5 heteroatoms. The molecule has 0 aromatic heterocycles. The third-order valence-electron chi connectivity index (χ3n) is 3.85. The lowest BCUT2D eigenvalue weighted by atomic mass is 10.0. The molecule has 0 aliphatic carbocycles. The van der Waals surface area contributed by atoms with Crippen molar-refractivity contribution >= 4 is 28.7 Å². The summed E-state index contributed by atoms with van der Waals surface area (Å²) in [5, 5.41) is 7.09. The van der Waals surface area contributed by atoms with Crippen molar-refractivity contribution in [3.05, 3.63) is 47.5 Å². The molecule has 0 saturated heterocycles. The molecule has 0 aliphatic heterocycles. The Morgan fingerprint density at radius 3 is 1.92 bits per heavy atom. The summed E-state index contributed by atoms with van der Waals surface area (Å²) in [7, 11) is 3.25. The summed E-state index contributed by atoms with van der Waals surface area (Å²) >= 11 is 5.49. The minimum atomic E-state index is 0.543. The average molecular weight is 344 g/mol. The number of benzene rings is 2. The molecular formula is C19H24N2O2S. The summed E-state index contributed by atoms with van der Waals surface area (Å²) in [5.41, 5.74) is 4.41. The molecule has 0 heterocycles. The van der Waals surface area contributed by atoms with Gasteiger partial charge in [0.05, 0.1) is 14.2 Å². The first-order chi connectivity index (χ1) is 11.6. The normalized spacial score (nSPS) is 10.2. The zero-order chi connectivity index (χ0) is 17.5. The maximum Gasteiger partial charge on any atom is 0.175 e. The minimum Gasteiger partial charge on any atom is -0.497 e. The predicted molar refractivity (Wildman–Crippen MR) is 105 cm³/mol. The molecule has 2 aromatic rings. The number of anilines is 2. The summed E-state index contributed by atoms with van der Waals surface area (Å²) in [6, 6.07) is 11.9. The summed E-state index contributed by atoms with van der Waals surface area (Å²) in [6.45, 7) is 4.28. The number of ether oxygens (including phenoxy) is 2. The van der Waals surface area contributed by atoms with E-state index in [-0.39, 0.29) is 0 Å². The Balaban J connectivity index is 2.20. The first-order valence-electron chi connectivity index (χ1n) is 8.03. The van der Waals surface area contributed by atoms with Gasteiger partial charge in [0.1, 0.15) is 11.5 Å². The van der Waals surface area contributed by atoms with Gasteiger partial charge in [-0.2, -0.15) is 0 Å². The molecule has 128 valence electrons. The van der Waals surface area contributed by atoms with Gasteiger partial charge in [0.2, 0.25) is 0 Å². The van der Waals surface area contributed by atoms with E-state index in [0.29, 0.717) is 16.6 Å². The van der Waals surface area contributed by atoms with E-state index >= 15 is 0 Å². The van der Waals surface area contributed by atoms with Gasteiger partial charge in [-0.3, -0.25) is 0 Å². The smallest absolute Gasteiger partial charge is 0.175 e. The van der Waals surface area contributed by atoms with Crippen LogP contribution in [0.5, 0.6) is 11.5 Å². The van der Waals surface area contributed by atoms with E-state index in [1.54, 1.807) is 14.2 Å². The SMILES string of the molecule is CCc1cccc(CC)c1NC(=S)Nc1cc(OC)cc(OC)c1. The maximum atomic E-state index is 5.49. The molecule has 0 bridgehead atoms. The second-order valence-electron chi connectivity index (χ2n) is 5.34. The van der Waals surface area contributed by atoms with Crippen molar-refractivity contribution < 1.29 is 9.47 Å². The minimum absolute atomic E-state index is 0.543. The Labute approximate surface area is 149 Å². The molecule has 0 spiro atoms. The highest BCUT2D eigenvalue weighted by Gasteiger charge is 2.09. The molecule has 0 atom stereocenters. The van der Waals surface area contributed by atoms with Crippen molar-refractivity contribution in [2.24, 2.45) is 0 Å². The molecule has 2 rings (SSSR count). The zero-order valence-corrected chi connectivity index (χ0v) is 15.4. The summed E-state index contributed by atoms with van der Waals surface area (Å²) in [4.78, 5) is 0. The van der Waals surface area contributed by atoms with Crippen LogP contribution in [0.1, 0.15) is 25.0 Å². The van der Waals surface area contributed by atoms with Gasteiger partial charge in [-0.15, -0.1) is 0 Å². The Morgan fingerprint density at radius 2 is 1.46 bits per heavy atom. The molecule has 0 amide bonds. The molecule has 0 saturated carbocycles. The number of nitrogens with one attached hydrogen (secondary N) is 2. The second-order valence-corrected chi connectivity index (χ2v) is 5.75. The number of hydrogen-bond donors (Lipinski definition) is 2. The first kappa shape index (κ1) is 18.1. The average Bonchev–Trinajstić information content (AvgIpc) is 2.61.